The Morgan fingerprint density at radius 3 is 2.46 bits per heavy atom. The second-order valence-corrected chi connectivity index (χ2v) is 8.02. The smallest absolute Gasteiger partial charge is 0.273 e. The number of amides is 2. The zero-order valence-electron chi connectivity index (χ0n) is 20.5. The van der Waals surface area contributed by atoms with Gasteiger partial charge in [0.2, 0.25) is 5.88 Å². The fourth-order valence-corrected chi connectivity index (χ4v) is 3.10. The zero-order valence-corrected chi connectivity index (χ0v) is 20.5. The van der Waals surface area contributed by atoms with E-state index < -0.39 is 11.8 Å². The van der Waals surface area contributed by atoms with Gasteiger partial charge in [-0.1, -0.05) is 13.8 Å². The summed E-state index contributed by atoms with van der Waals surface area (Å²) in [6.45, 7) is 8.82. The van der Waals surface area contributed by atoms with Crippen molar-refractivity contribution in [1.29, 1.82) is 0 Å². The van der Waals surface area contributed by atoms with E-state index in [1.165, 1.54) is 18.0 Å². The maximum atomic E-state index is 12.7. The van der Waals surface area contributed by atoms with Gasteiger partial charge in [-0.2, -0.15) is 5.10 Å². The largest absolute Gasteiger partial charge is 0.493 e. The van der Waals surface area contributed by atoms with Crippen LogP contribution < -0.4 is 25.1 Å². The molecule has 0 radical (unpaired) electrons. The standard InChI is InChI=1S/C24H30N6O5/c1-6-34-22-10-9-21(26-27-22)30-16(4)18(14-25-30)24(32)29-28-23(31)17-7-8-19(20(13-17)33-5)35-12-11-15(2)3/h7-10,13-15H,6,11-12H2,1-5H3,(H,28,31)(H,29,32). The molecule has 0 saturated carbocycles. The lowest BCUT2D eigenvalue weighted by Gasteiger charge is -2.13. The number of carbonyl (C=O) groups is 2. The SMILES string of the molecule is CCOc1ccc(-n2ncc(C(=O)NNC(=O)c3ccc(OCCC(C)C)c(OC)c3)c2C)nn1. The van der Waals surface area contributed by atoms with Crippen molar-refractivity contribution in [3.8, 4) is 23.2 Å². The second-order valence-electron chi connectivity index (χ2n) is 8.02. The van der Waals surface area contributed by atoms with Gasteiger partial charge in [0.25, 0.3) is 11.8 Å². The van der Waals surface area contributed by atoms with Gasteiger partial charge in [-0.15, -0.1) is 10.2 Å². The topological polar surface area (TPSA) is 129 Å². The van der Waals surface area contributed by atoms with E-state index in [9.17, 15) is 9.59 Å². The van der Waals surface area contributed by atoms with Gasteiger partial charge in [-0.3, -0.25) is 20.4 Å². The summed E-state index contributed by atoms with van der Waals surface area (Å²) in [6, 6.07) is 8.18. The minimum Gasteiger partial charge on any atom is -0.493 e. The van der Waals surface area contributed by atoms with E-state index in [2.05, 4.69) is 40.0 Å². The molecule has 0 bridgehead atoms. The number of ether oxygens (including phenoxy) is 3. The lowest BCUT2D eigenvalue weighted by Crippen LogP contribution is -2.41. The fourth-order valence-electron chi connectivity index (χ4n) is 3.10. The molecule has 3 rings (SSSR count). The lowest BCUT2D eigenvalue weighted by molar-refractivity contribution is 0.0846. The predicted molar refractivity (Wildman–Crippen MR) is 128 cm³/mol. The van der Waals surface area contributed by atoms with Crippen molar-refractivity contribution < 1.29 is 23.8 Å². The first kappa shape index (κ1) is 25.5. The average Bonchev–Trinajstić information content (AvgIpc) is 3.24. The first-order valence-corrected chi connectivity index (χ1v) is 11.3. The van der Waals surface area contributed by atoms with E-state index in [1.54, 1.807) is 37.3 Å². The van der Waals surface area contributed by atoms with Crippen LogP contribution in [-0.2, 0) is 0 Å². The Hall–Kier alpha value is -4.15. The second kappa shape index (κ2) is 11.8. The van der Waals surface area contributed by atoms with Crippen molar-refractivity contribution in [3.05, 3.63) is 53.3 Å². The number of hydrogen-bond donors (Lipinski definition) is 2. The quantitative estimate of drug-likeness (QED) is 0.422. The van der Waals surface area contributed by atoms with Crippen LogP contribution in [0.25, 0.3) is 5.82 Å². The molecule has 0 aliphatic carbocycles. The maximum Gasteiger partial charge on any atom is 0.273 e. The van der Waals surface area contributed by atoms with Crippen molar-refractivity contribution in [2.24, 2.45) is 5.92 Å². The van der Waals surface area contributed by atoms with Crippen LogP contribution in [0.15, 0.2) is 36.5 Å². The van der Waals surface area contributed by atoms with Crippen LogP contribution in [0.2, 0.25) is 0 Å². The highest BCUT2D eigenvalue weighted by Crippen LogP contribution is 2.28. The molecule has 2 amide bonds. The van der Waals surface area contributed by atoms with Crippen molar-refractivity contribution in [3.63, 3.8) is 0 Å². The molecule has 0 unspecified atom stereocenters. The molecule has 0 aliphatic rings. The van der Waals surface area contributed by atoms with E-state index in [0.29, 0.717) is 53.6 Å². The number of benzene rings is 1. The predicted octanol–water partition coefficient (Wildman–Crippen LogP) is 2.88. The molecule has 0 fully saturated rings. The highest BCUT2D eigenvalue weighted by atomic mass is 16.5. The number of nitrogens with one attached hydrogen (secondary N) is 2. The minimum absolute atomic E-state index is 0.271. The molecule has 0 aliphatic heterocycles. The summed E-state index contributed by atoms with van der Waals surface area (Å²) in [7, 11) is 1.50. The van der Waals surface area contributed by atoms with Crippen molar-refractivity contribution in [1.82, 2.24) is 30.8 Å². The van der Waals surface area contributed by atoms with E-state index in [-0.39, 0.29) is 5.56 Å². The fraction of sp³-hybridized carbons (Fsp3) is 0.375. The Morgan fingerprint density at radius 1 is 1.03 bits per heavy atom. The Balaban J connectivity index is 1.63. The van der Waals surface area contributed by atoms with Gasteiger partial charge >= 0.3 is 0 Å². The van der Waals surface area contributed by atoms with Gasteiger partial charge < -0.3 is 14.2 Å². The number of rotatable bonds is 10. The third kappa shape index (κ3) is 6.46. The van der Waals surface area contributed by atoms with E-state index in [0.717, 1.165) is 6.42 Å². The molecule has 11 nitrogen and oxygen atoms in total. The number of aromatic nitrogens is 4. The molecular formula is C24H30N6O5. The highest BCUT2D eigenvalue weighted by molar-refractivity contribution is 5.99. The average molecular weight is 483 g/mol. The van der Waals surface area contributed by atoms with Crippen LogP contribution in [0.4, 0.5) is 0 Å². The Bertz CT molecular complexity index is 1160. The molecule has 0 spiro atoms. The first-order chi connectivity index (χ1) is 16.8. The number of carbonyl (C=O) groups excluding carboxylic acids is 2. The molecular weight excluding hydrogens is 452 g/mol. The molecule has 1 aromatic carbocycles. The highest BCUT2D eigenvalue weighted by Gasteiger charge is 2.18. The van der Waals surface area contributed by atoms with Crippen LogP contribution in [0.3, 0.4) is 0 Å². The molecule has 11 heteroatoms. The van der Waals surface area contributed by atoms with Gasteiger partial charge in [0.15, 0.2) is 17.3 Å². The molecule has 2 N–H and O–H groups in total. The van der Waals surface area contributed by atoms with Gasteiger partial charge in [-0.25, -0.2) is 4.68 Å². The molecule has 3 aromatic rings. The Morgan fingerprint density at radius 2 is 1.80 bits per heavy atom. The van der Waals surface area contributed by atoms with Crippen LogP contribution in [0, 0.1) is 12.8 Å². The summed E-state index contributed by atoms with van der Waals surface area (Å²) in [4.78, 5) is 25.2. The molecule has 2 aromatic heterocycles. The third-order valence-electron chi connectivity index (χ3n) is 5.06. The van der Waals surface area contributed by atoms with Crippen LogP contribution in [0.5, 0.6) is 17.4 Å². The minimum atomic E-state index is -0.526. The Kier molecular flexibility index (Phi) is 8.60. The van der Waals surface area contributed by atoms with Crippen molar-refractivity contribution in [2.75, 3.05) is 20.3 Å². The number of nitrogens with zero attached hydrogens (tertiary/aromatic N) is 4. The number of hydrazine groups is 1. The van der Waals surface area contributed by atoms with E-state index >= 15 is 0 Å². The van der Waals surface area contributed by atoms with E-state index in [1.807, 2.05) is 6.92 Å². The Labute approximate surface area is 203 Å². The number of hydrogen-bond acceptors (Lipinski definition) is 8. The summed E-state index contributed by atoms with van der Waals surface area (Å²) in [5.41, 5.74) is 5.91. The number of methoxy groups -OCH3 is 1. The third-order valence-corrected chi connectivity index (χ3v) is 5.06. The van der Waals surface area contributed by atoms with Crippen LogP contribution in [0.1, 0.15) is 53.6 Å². The van der Waals surface area contributed by atoms with Gasteiger partial charge in [0.1, 0.15) is 0 Å². The summed E-state index contributed by atoms with van der Waals surface area (Å²) in [6.07, 6.45) is 2.29. The van der Waals surface area contributed by atoms with E-state index in [4.69, 9.17) is 14.2 Å². The van der Waals surface area contributed by atoms with Crippen molar-refractivity contribution in [2.45, 2.75) is 34.1 Å². The maximum absolute atomic E-state index is 12.7. The summed E-state index contributed by atoms with van der Waals surface area (Å²) in [5.74, 6) is 1.29. The summed E-state index contributed by atoms with van der Waals surface area (Å²) in [5, 5.41) is 12.2. The van der Waals surface area contributed by atoms with Gasteiger partial charge in [-0.05, 0) is 50.5 Å². The molecule has 0 atom stereocenters. The van der Waals surface area contributed by atoms with Crippen molar-refractivity contribution >= 4 is 11.8 Å². The lowest BCUT2D eigenvalue weighted by atomic mass is 10.1. The summed E-state index contributed by atoms with van der Waals surface area (Å²) < 4.78 is 17.9. The molecule has 0 saturated heterocycles. The first-order valence-electron chi connectivity index (χ1n) is 11.3. The van der Waals surface area contributed by atoms with Crippen LogP contribution >= 0.6 is 0 Å². The molecule has 186 valence electrons. The molecule has 2 heterocycles. The molecule has 35 heavy (non-hydrogen) atoms. The van der Waals surface area contributed by atoms with Crippen LogP contribution in [-0.4, -0.2) is 52.1 Å². The zero-order chi connectivity index (χ0) is 25.4. The van der Waals surface area contributed by atoms with Gasteiger partial charge in [0.05, 0.1) is 37.8 Å². The van der Waals surface area contributed by atoms with Gasteiger partial charge in [0, 0.05) is 11.6 Å². The monoisotopic (exact) mass is 482 g/mol. The summed E-state index contributed by atoms with van der Waals surface area (Å²) >= 11 is 0. The normalized spacial score (nSPS) is 10.7.